The van der Waals surface area contributed by atoms with E-state index in [9.17, 15) is 13.2 Å². The van der Waals surface area contributed by atoms with Crippen molar-refractivity contribution in [2.24, 2.45) is 0 Å². The summed E-state index contributed by atoms with van der Waals surface area (Å²) < 4.78 is 32.0. The fourth-order valence-electron chi connectivity index (χ4n) is 2.34. The monoisotopic (exact) mass is 338 g/mol. The summed E-state index contributed by atoms with van der Waals surface area (Å²) >= 11 is 0. The quantitative estimate of drug-likeness (QED) is 0.767. The second-order valence-electron chi connectivity index (χ2n) is 5.23. The van der Waals surface area contributed by atoms with Crippen LogP contribution in [0.5, 0.6) is 0 Å². The Hall–Kier alpha value is -2.02. The predicted molar refractivity (Wildman–Crippen MR) is 87.0 cm³/mol. The number of ether oxygens (including phenoxy) is 1. The molecule has 1 heterocycles. The Morgan fingerprint density at radius 1 is 1.26 bits per heavy atom. The minimum Gasteiger partial charge on any atom is -0.476 e. The zero-order valence-electron chi connectivity index (χ0n) is 13.7. The SMILES string of the molecule is CCN(CC)C(=O)/C=C1\OCCN1S(=O)(=O)c1ccc(C)cc1. The third kappa shape index (κ3) is 3.67. The summed E-state index contributed by atoms with van der Waals surface area (Å²) in [5.41, 5.74) is 0.981. The Morgan fingerprint density at radius 3 is 2.43 bits per heavy atom. The first-order valence-corrected chi connectivity index (χ1v) is 9.07. The van der Waals surface area contributed by atoms with Crippen LogP contribution in [0.3, 0.4) is 0 Å². The van der Waals surface area contributed by atoms with Crippen LogP contribution >= 0.6 is 0 Å². The van der Waals surface area contributed by atoms with Crippen LogP contribution in [0.4, 0.5) is 0 Å². The number of nitrogens with zero attached hydrogens (tertiary/aromatic N) is 2. The van der Waals surface area contributed by atoms with Gasteiger partial charge >= 0.3 is 0 Å². The number of amides is 1. The molecule has 1 fully saturated rings. The van der Waals surface area contributed by atoms with Crippen molar-refractivity contribution in [1.82, 2.24) is 9.21 Å². The van der Waals surface area contributed by atoms with Crippen LogP contribution in [0, 0.1) is 6.92 Å². The standard InChI is InChI=1S/C16H22N2O4S/c1-4-17(5-2)15(19)12-16-18(10-11-22-16)23(20,21)14-8-6-13(3)7-9-14/h6-9,12H,4-5,10-11H2,1-3H3/b16-12-. The van der Waals surface area contributed by atoms with Gasteiger partial charge in [0, 0.05) is 13.1 Å². The normalized spacial score (nSPS) is 16.5. The van der Waals surface area contributed by atoms with Gasteiger partial charge in [-0.05, 0) is 32.9 Å². The highest BCUT2D eigenvalue weighted by Crippen LogP contribution is 2.25. The molecule has 0 unspecified atom stereocenters. The lowest BCUT2D eigenvalue weighted by atomic mass is 10.2. The molecule has 0 saturated carbocycles. The molecule has 1 amide bonds. The Bertz CT molecular complexity index is 691. The number of carbonyl (C=O) groups excluding carboxylic acids is 1. The third-order valence-corrected chi connectivity index (χ3v) is 5.53. The second-order valence-corrected chi connectivity index (χ2v) is 7.09. The van der Waals surface area contributed by atoms with Crippen molar-refractivity contribution >= 4 is 15.9 Å². The molecule has 1 saturated heterocycles. The number of sulfonamides is 1. The van der Waals surface area contributed by atoms with Gasteiger partial charge < -0.3 is 9.64 Å². The summed E-state index contributed by atoms with van der Waals surface area (Å²) in [6, 6.07) is 6.61. The van der Waals surface area contributed by atoms with E-state index in [1.807, 2.05) is 20.8 Å². The van der Waals surface area contributed by atoms with Gasteiger partial charge in [-0.25, -0.2) is 12.7 Å². The number of carbonyl (C=O) groups is 1. The molecule has 1 aromatic rings. The molecular formula is C16H22N2O4S. The van der Waals surface area contributed by atoms with Crippen LogP contribution in [-0.4, -0.2) is 49.8 Å². The number of benzene rings is 1. The lowest BCUT2D eigenvalue weighted by molar-refractivity contribution is -0.125. The first kappa shape index (κ1) is 17.3. The molecule has 0 bridgehead atoms. The lowest BCUT2D eigenvalue weighted by Gasteiger charge is -2.20. The molecular weight excluding hydrogens is 316 g/mol. The highest BCUT2D eigenvalue weighted by Gasteiger charge is 2.32. The van der Waals surface area contributed by atoms with Gasteiger partial charge in [-0.1, -0.05) is 17.7 Å². The topological polar surface area (TPSA) is 66.9 Å². The Morgan fingerprint density at radius 2 is 1.87 bits per heavy atom. The molecule has 1 aliphatic heterocycles. The molecule has 0 spiro atoms. The van der Waals surface area contributed by atoms with Crippen molar-refractivity contribution in [1.29, 1.82) is 0 Å². The molecule has 0 aromatic heterocycles. The van der Waals surface area contributed by atoms with E-state index < -0.39 is 10.0 Å². The smallest absolute Gasteiger partial charge is 0.266 e. The molecule has 23 heavy (non-hydrogen) atoms. The molecule has 2 rings (SSSR count). The zero-order chi connectivity index (χ0) is 17.0. The van der Waals surface area contributed by atoms with Crippen molar-refractivity contribution in [2.75, 3.05) is 26.2 Å². The van der Waals surface area contributed by atoms with Crippen LogP contribution in [0.25, 0.3) is 0 Å². The number of hydrogen-bond acceptors (Lipinski definition) is 4. The first-order chi connectivity index (χ1) is 10.9. The van der Waals surface area contributed by atoms with Crippen LogP contribution in [0.2, 0.25) is 0 Å². The largest absolute Gasteiger partial charge is 0.476 e. The summed E-state index contributed by atoms with van der Waals surface area (Å²) in [5, 5.41) is 0. The predicted octanol–water partition coefficient (Wildman–Crippen LogP) is 1.73. The summed E-state index contributed by atoms with van der Waals surface area (Å²) in [4.78, 5) is 14.0. The van der Waals surface area contributed by atoms with Gasteiger partial charge in [-0.2, -0.15) is 0 Å². The van der Waals surface area contributed by atoms with E-state index in [0.29, 0.717) is 13.1 Å². The van der Waals surface area contributed by atoms with Gasteiger partial charge in [0.1, 0.15) is 6.61 Å². The van der Waals surface area contributed by atoms with Crippen molar-refractivity contribution in [3.63, 3.8) is 0 Å². The molecule has 1 aliphatic rings. The highest BCUT2D eigenvalue weighted by atomic mass is 32.2. The van der Waals surface area contributed by atoms with E-state index in [1.165, 1.54) is 6.08 Å². The van der Waals surface area contributed by atoms with E-state index in [-0.39, 0.29) is 29.8 Å². The number of likely N-dealkylation sites (N-methyl/N-ethyl adjacent to an activating group) is 1. The molecule has 7 heteroatoms. The van der Waals surface area contributed by atoms with E-state index in [4.69, 9.17) is 4.74 Å². The van der Waals surface area contributed by atoms with Crippen LogP contribution in [-0.2, 0) is 19.6 Å². The Kier molecular flexibility index (Phi) is 5.30. The van der Waals surface area contributed by atoms with Gasteiger partial charge in [-0.3, -0.25) is 4.79 Å². The van der Waals surface area contributed by atoms with E-state index >= 15 is 0 Å². The van der Waals surface area contributed by atoms with Gasteiger partial charge in [0.25, 0.3) is 15.9 Å². The molecule has 6 nitrogen and oxygen atoms in total. The maximum atomic E-state index is 12.7. The van der Waals surface area contributed by atoms with Crippen molar-refractivity contribution in [2.45, 2.75) is 25.7 Å². The number of rotatable bonds is 5. The maximum absolute atomic E-state index is 12.7. The zero-order valence-corrected chi connectivity index (χ0v) is 14.5. The van der Waals surface area contributed by atoms with Crippen LogP contribution in [0.15, 0.2) is 41.1 Å². The molecule has 126 valence electrons. The fraction of sp³-hybridized carbons (Fsp3) is 0.438. The molecule has 0 radical (unpaired) electrons. The van der Waals surface area contributed by atoms with Gasteiger partial charge in [0.2, 0.25) is 5.88 Å². The van der Waals surface area contributed by atoms with E-state index in [0.717, 1.165) is 9.87 Å². The van der Waals surface area contributed by atoms with E-state index in [2.05, 4.69) is 0 Å². The lowest BCUT2D eigenvalue weighted by Crippen LogP contribution is -2.31. The summed E-state index contributed by atoms with van der Waals surface area (Å²) in [6.45, 7) is 7.19. The van der Waals surface area contributed by atoms with Crippen LogP contribution < -0.4 is 0 Å². The van der Waals surface area contributed by atoms with E-state index in [1.54, 1.807) is 29.2 Å². The van der Waals surface area contributed by atoms with Crippen LogP contribution in [0.1, 0.15) is 19.4 Å². The summed E-state index contributed by atoms with van der Waals surface area (Å²) in [6.07, 6.45) is 1.26. The number of aryl methyl sites for hydroxylation is 1. The summed E-state index contributed by atoms with van der Waals surface area (Å²) in [5.74, 6) is -0.168. The third-order valence-electron chi connectivity index (χ3n) is 3.72. The second kappa shape index (κ2) is 7.04. The minimum absolute atomic E-state index is 0.0856. The number of hydrogen-bond donors (Lipinski definition) is 0. The minimum atomic E-state index is -3.72. The average molecular weight is 338 g/mol. The average Bonchev–Trinajstić information content (AvgIpc) is 2.98. The van der Waals surface area contributed by atoms with Gasteiger partial charge in [0.15, 0.2) is 0 Å². The van der Waals surface area contributed by atoms with Crippen molar-refractivity contribution < 1.29 is 17.9 Å². The van der Waals surface area contributed by atoms with Gasteiger partial charge in [-0.15, -0.1) is 0 Å². The molecule has 0 atom stereocenters. The molecule has 0 aliphatic carbocycles. The maximum Gasteiger partial charge on any atom is 0.266 e. The highest BCUT2D eigenvalue weighted by molar-refractivity contribution is 7.89. The molecule has 1 aromatic carbocycles. The Balaban J connectivity index is 2.30. The molecule has 0 N–H and O–H groups in total. The van der Waals surface area contributed by atoms with Crippen molar-refractivity contribution in [3.05, 3.63) is 41.8 Å². The Labute approximate surface area is 137 Å². The van der Waals surface area contributed by atoms with Gasteiger partial charge in [0.05, 0.1) is 17.5 Å². The fourth-order valence-corrected chi connectivity index (χ4v) is 3.73. The first-order valence-electron chi connectivity index (χ1n) is 7.63. The van der Waals surface area contributed by atoms with Crippen molar-refractivity contribution in [3.8, 4) is 0 Å². The summed E-state index contributed by atoms with van der Waals surface area (Å²) in [7, 11) is -3.72.